The van der Waals surface area contributed by atoms with Gasteiger partial charge in [-0.3, -0.25) is 9.59 Å². The molecule has 1 aliphatic rings. The lowest BCUT2D eigenvalue weighted by atomic mass is 9.87. The van der Waals surface area contributed by atoms with Crippen molar-refractivity contribution in [1.82, 2.24) is 34.6 Å². The highest BCUT2D eigenvalue weighted by Crippen LogP contribution is 2.39. The van der Waals surface area contributed by atoms with Gasteiger partial charge in [-0.1, -0.05) is 6.92 Å². The number of aromatic nitrogens is 6. The molecule has 0 spiro atoms. The van der Waals surface area contributed by atoms with Gasteiger partial charge in [-0.05, 0) is 53.4 Å². The van der Waals surface area contributed by atoms with Gasteiger partial charge in [-0.2, -0.15) is 10.1 Å². The maximum atomic E-state index is 12.3. The van der Waals surface area contributed by atoms with Crippen LogP contribution in [0.1, 0.15) is 26.2 Å². The van der Waals surface area contributed by atoms with Crippen molar-refractivity contribution in [2.75, 3.05) is 12.4 Å². The van der Waals surface area contributed by atoms with Gasteiger partial charge in [-0.25, -0.2) is 14.6 Å². The highest BCUT2D eigenvalue weighted by atomic mass is 79.9. The molecule has 1 amide bonds. The average molecular weight is 511 g/mol. The fraction of sp³-hybridized carbons (Fsp3) is 0.364. The zero-order valence-corrected chi connectivity index (χ0v) is 20.0. The fourth-order valence-corrected chi connectivity index (χ4v) is 4.94. The largest absolute Gasteiger partial charge is 0.359 e. The summed E-state index contributed by atoms with van der Waals surface area (Å²) in [4.78, 5) is 38.1. The number of carbonyl (C=O) groups excluding carboxylic acids is 1. The molecule has 0 unspecified atom stereocenters. The molecular weight excluding hydrogens is 488 g/mol. The Labute approximate surface area is 197 Å². The summed E-state index contributed by atoms with van der Waals surface area (Å²) in [6.45, 7) is 1.99. The number of hydrogen-bond donors (Lipinski definition) is 2. The Morgan fingerprint density at radius 1 is 1.27 bits per heavy atom. The minimum Gasteiger partial charge on any atom is -0.359 e. The van der Waals surface area contributed by atoms with E-state index in [0.717, 1.165) is 23.9 Å². The summed E-state index contributed by atoms with van der Waals surface area (Å²) in [6.07, 6.45) is 5.60. The summed E-state index contributed by atoms with van der Waals surface area (Å²) in [6, 6.07) is 5.49. The number of nitrogens with zero attached hydrogens (tertiary/aromatic N) is 6. The first-order valence-corrected chi connectivity index (χ1v) is 11.4. The van der Waals surface area contributed by atoms with Crippen LogP contribution in [-0.2, 0) is 11.8 Å². The predicted octanol–water partition coefficient (Wildman–Crippen LogP) is 2.54. The molecule has 5 rings (SSSR count). The van der Waals surface area contributed by atoms with Crippen LogP contribution in [-0.4, -0.2) is 48.3 Å². The second-order valence-corrected chi connectivity index (χ2v) is 9.47. The van der Waals surface area contributed by atoms with Gasteiger partial charge >= 0.3 is 0 Å². The first-order chi connectivity index (χ1) is 15.8. The standard InChI is InChI=1S/C22H23BrN8O2/c1-22(20(33)24-2)7-6-12(9-22)27-21-25-10-15-17(23)29-31(18(15)28-21)13-4-5-14-16(8-13)26-11-30(3)19(14)32/h4-5,8,10-12H,6-7,9H2,1-3H3,(H,24,33)(H,25,27,28)/t12-,22-/m1/s1. The van der Waals surface area contributed by atoms with Gasteiger partial charge in [0.05, 0.1) is 28.3 Å². The molecule has 170 valence electrons. The lowest BCUT2D eigenvalue weighted by molar-refractivity contribution is -0.129. The molecule has 1 aliphatic carbocycles. The Balaban J connectivity index is 1.50. The Morgan fingerprint density at radius 2 is 2.09 bits per heavy atom. The van der Waals surface area contributed by atoms with E-state index in [9.17, 15) is 9.59 Å². The normalized spacial score (nSPS) is 20.4. The molecular formula is C22H23BrN8O2. The van der Waals surface area contributed by atoms with E-state index in [-0.39, 0.29) is 17.5 Å². The molecule has 10 nitrogen and oxygen atoms in total. The van der Waals surface area contributed by atoms with Gasteiger partial charge < -0.3 is 15.2 Å². The second kappa shape index (κ2) is 7.91. The molecule has 0 bridgehead atoms. The molecule has 2 atom stereocenters. The van der Waals surface area contributed by atoms with Crippen molar-refractivity contribution in [3.8, 4) is 5.69 Å². The summed E-state index contributed by atoms with van der Waals surface area (Å²) in [7, 11) is 3.35. The van der Waals surface area contributed by atoms with Gasteiger partial charge in [0.2, 0.25) is 11.9 Å². The topological polar surface area (TPSA) is 120 Å². The van der Waals surface area contributed by atoms with Crippen molar-refractivity contribution >= 4 is 49.7 Å². The number of aryl methyl sites for hydroxylation is 1. The number of rotatable bonds is 4. The van der Waals surface area contributed by atoms with Gasteiger partial charge in [0.25, 0.3) is 5.56 Å². The fourth-order valence-electron chi connectivity index (χ4n) is 4.50. The number of nitrogens with one attached hydrogen (secondary N) is 2. The van der Waals surface area contributed by atoms with Gasteiger partial charge in [0.1, 0.15) is 4.60 Å². The van der Waals surface area contributed by atoms with E-state index in [1.54, 1.807) is 31.0 Å². The van der Waals surface area contributed by atoms with Gasteiger partial charge in [-0.15, -0.1) is 0 Å². The molecule has 11 heteroatoms. The van der Waals surface area contributed by atoms with Crippen LogP contribution in [0.5, 0.6) is 0 Å². The van der Waals surface area contributed by atoms with Crippen LogP contribution in [0.3, 0.4) is 0 Å². The second-order valence-electron chi connectivity index (χ2n) is 8.72. The minimum atomic E-state index is -0.392. The quantitative estimate of drug-likeness (QED) is 0.432. The van der Waals surface area contributed by atoms with Gasteiger partial charge in [0.15, 0.2) is 5.65 Å². The lowest BCUT2D eigenvalue weighted by Crippen LogP contribution is -2.35. The number of fused-ring (bicyclic) bond motifs is 2. The first kappa shape index (κ1) is 21.5. The third kappa shape index (κ3) is 3.65. The van der Waals surface area contributed by atoms with Crippen LogP contribution in [0.25, 0.3) is 27.6 Å². The molecule has 0 aliphatic heterocycles. The zero-order chi connectivity index (χ0) is 23.3. The van der Waals surface area contributed by atoms with E-state index in [4.69, 9.17) is 4.98 Å². The van der Waals surface area contributed by atoms with Crippen LogP contribution in [0.4, 0.5) is 5.95 Å². The van der Waals surface area contributed by atoms with Crippen molar-refractivity contribution in [2.24, 2.45) is 12.5 Å². The molecule has 1 aromatic carbocycles. The maximum absolute atomic E-state index is 12.3. The molecule has 3 aromatic heterocycles. The molecule has 33 heavy (non-hydrogen) atoms. The minimum absolute atomic E-state index is 0.0601. The molecule has 3 heterocycles. The van der Waals surface area contributed by atoms with Gasteiger partial charge in [0, 0.05) is 31.7 Å². The predicted molar refractivity (Wildman–Crippen MR) is 128 cm³/mol. The molecule has 0 saturated heterocycles. The van der Waals surface area contributed by atoms with Crippen LogP contribution in [0, 0.1) is 5.41 Å². The number of benzene rings is 1. The van der Waals surface area contributed by atoms with Crippen molar-refractivity contribution in [3.63, 3.8) is 0 Å². The van der Waals surface area contributed by atoms with Crippen LogP contribution < -0.4 is 16.2 Å². The van der Waals surface area contributed by atoms with E-state index < -0.39 is 5.41 Å². The van der Waals surface area contributed by atoms with E-state index >= 15 is 0 Å². The summed E-state index contributed by atoms with van der Waals surface area (Å²) < 4.78 is 3.77. The molecule has 1 fully saturated rings. The highest BCUT2D eigenvalue weighted by molar-refractivity contribution is 9.10. The third-order valence-corrected chi connectivity index (χ3v) is 6.96. The Bertz CT molecular complexity index is 1460. The Morgan fingerprint density at radius 3 is 2.88 bits per heavy atom. The SMILES string of the molecule is CNC(=O)[C@]1(C)CC[C@@H](Nc2ncc3c(Br)nn(-c4ccc5c(=O)n(C)cnc5c4)c3n2)C1. The number of hydrogen-bond acceptors (Lipinski definition) is 7. The molecule has 4 aromatic rings. The molecule has 1 saturated carbocycles. The number of carbonyl (C=O) groups is 1. The molecule has 0 radical (unpaired) electrons. The van der Waals surface area contributed by atoms with Crippen molar-refractivity contribution in [2.45, 2.75) is 32.2 Å². The van der Waals surface area contributed by atoms with Crippen molar-refractivity contribution in [3.05, 3.63) is 45.7 Å². The van der Waals surface area contributed by atoms with Crippen molar-refractivity contribution < 1.29 is 4.79 Å². The first-order valence-electron chi connectivity index (χ1n) is 10.6. The van der Waals surface area contributed by atoms with E-state index in [0.29, 0.717) is 33.5 Å². The van der Waals surface area contributed by atoms with Crippen LogP contribution >= 0.6 is 15.9 Å². The Kier molecular flexibility index (Phi) is 5.15. The third-order valence-electron chi connectivity index (χ3n) is 6.38. The highest BCUT2D eigenvalue weighted by Gasteiger charge is 2.40. The lowest BCUT2D eigenvalue weighted by Gasteiger charge is -2.22. The average Bonchev–Trinajstić information content (AvgIpc) is 3.36. The summed E-state index contributed by atoms with van der Waals surface area (Å²) >= 11 is 3.49. The Hall–Kier alpha value is -3.34. The van der Waals surface area contributed by atoms with Crippen LogP contribution in [0.2, 0.25) is 0 Å². The molecule has 2 N–H and O–H groups in total. The summed E-state index contributed by atoms with van der Waals surface area (Å²) in [5.41, 5.74) is 1.44. The van der Waals surface area contributed by atoms with Crippen LogP contribution in [0.15, 0.2) is 40.1 Å². The summed E-state index contributed by atoms with van der Waals surface area (Å²) in [5, 5.41) is 12.0. The van der Waals surface area contributed by atoms with Crippen molar-refractivity contribution in [1.29, 1.82) is 0 Å². The number of amides is 1. The van der Waals surface area contributed by atoms with E-state index in [2.05, 4.69) is 41.6 Å². The number of halogens is 1. The van der Waals surface area contributed by atoms with E-state index in [1.165, 1.54) is 10.9 Å². The summed E-state index contributed by atoms with van der Waals surface area (Å²) in [5.74, 6) is 0.542. The zero-order valence-electron chi connectivity index (χ0n) is 18.5. The van der Waals surface area contributed by atoms with E-state index in [1.807, 2.05) is 19.1 Å². The monoisotopic (exact) mass is 510 g/mol. The smallest absolute Gasteiger partial charge is 0.260 e. The number of anilines is 1. The maximum Gasteiger partial charge on any atom is 0.260 e.